The van der Waals surface area contributed by atoms with Crippen molar-refractivity contribution in [3.8, 4) is 12.3 Å². The Kier molecular flexibility index (Phi) is 1.55. The highest BCUT2D eigenvalue weighted by Gasteiger charge is 1.90. The van der Waals surface area contributed by atoms with Crippen LogP contribution in [0.2, 0.25) is 0 Å². The maximum atomic E-state index is 5.08. The van der Waals surface area contributed by atoms with Crippen LogP contribution in [0.4, 0.5) is 0 Å². The fraction of sp³-hybridized carbons (Fsp3) is 0.286. The van der Waals surface area contributed by atoms with Crippen molar-refractivity contribution >= 4 is 0 Å². The van der Waals surface area contributed by atoms with Gasteiger partial charge in [-0.25, -0.2) is 0 Å². The molecule has 0 amide bonds. The molecule has 0 fully saturated rings. The average molecular weight is 120 g/mol. The second kappa shape index (κ2) is 2.36. The van der Waals surface area contributed by atoms with Crippen LogP contribution in [-0.2, 0) is 6.54 Å². The summed E-state index contributed by atoms with van der Waals surface area (Å²) in [5.74, 6) is 2.51. The van der Waals surface area contributed by atoms with Gasteiger partial charge in [0.25, 0.3) is 0 Å². The number of hydrogen-bond acceptors (Lipinski definition) is 1. The molecule has 1 heterocycles. The van der Waals surface area contributed by atoms with Crippen LogP contribution in [0.5, 0.6) is 0 Å². The van der Waals surface area contributed by atoms with Gasteiger partial charge in [-0.1, -0.05) is 5.92 Å². The molecule has 0 spiro atoms. The van der Waals surface area contributed by atoms with Gasteiger partial charge in [-0.2, -0.15) is 5.10 Å². The van der Waals surface area contributed by atoms with Gasteiger partial charge in [0, 0.05) is 11.9 Å². The maximum Gasteiger partial charge on any atom is 0.102 e. The van der Waals surface area contributed by atoms with E-state index in [-0.39, 0.29) is 0 Å². The average Bonchev–Trinajstić information content (AvgIpc) is 2.18. The highest BCUT2D eigenvalue weighted by Crippen LogP contribution is 1.93. The molecule has 0 N–H and O–H groups in total. The number of aromatic nitrogens is 2. The number of terminal acetylenes is 1. The van der Waals surface area contributed by atoms with E-state index in [1.54, 1.807) is 10.9 Å². The Morgan fingerprint density at radius 3 is 3.11 bits per heavy atom. The molecular formula is C7H8N2. The lowest BCUT2D eigenvalue weighted by molar-refractivity contribution is 0.691. The van der Waals surface area contributed by atoms with E-state index in [0.29, 0.717) is 6.54 Å². The van der Waals surface area contributed by atoms with E-state index in [1.165, 1.54) is 0 Å². The summed E-state index contributed by atoms with van der Waals surface area (Å²) in [6.07, 6.45) is 6.82. The van der Waals surface area contributed by atoms with Gasteiger partial charge < -0.3 is 0 Å². The van der Waals surface area contributed by atoms with E-state index in [1.807, 2.05) is 13.0 Å². The summed E-state index contributed by atoms with van der Waals surface area (Å²) in [5.41, 5.74) is 1.10. The molecule has 1 aromatic heterocycles. The van der Waals surface area contributed by atoms with Gasteiger partial charge in [-0.3, -0.25) is 4.68 Å². The first-order valence-electron chi connectivity index (χ1n) is 2.76. The highest BCUT2D eigenvalue weighted by atomic mass is 15.3. The molecule has 46 valence electrons. The van der Waals surface area contributed by atoms with Gasteiger partial charge in [-0.15, -0.1) is 6.42 Å². The third-order valence-corrected chi connectivity index (χ3v) is 1.17. The van der Waals surface area contributed by atoms with Crippen LogP contribution in [-0.4, -0.2) is 9.78 Å². The molecule has 0 saturated heterocycles. The zero-order valence-electron chi connectivity index (χ0n) is 5.33. The fourth-order valence-corrected chi connectivity index (χ4v) is 0.651. The zero-order valence-corrected chi connectivity index (χ0v) is 5.33. The van der Waals surface area contributed by atoms with Crippen molar-refractivity contribution < 1.29 is 0 Å². The second-order valence-electron chi connectivity index (χ2n) is 1.83. The van der Waals surface area contributed by atoms with E-state index in [2.05, 4.69) is 11.0 Å². The van der Waals surface area contributed by atoms with Crippen molar-refractivity contribution in [3.05, 3.63) is 18.0 Å². The largest absolute Gasteiger partial charge is 0.258 e. The Balaban J connectivity index is 2.84. The predicted octanol–water partition coefficient (Wildman–Crippen LogP) is 0.825. The molecule has 0 aliphatic rings. The number of aryl methyl sites for hydroxylation is 1. The Hall–Kier alpha value is -1.23. The minimum absolute atomic E-state index is 0.568. The normalized spacial score (nSPS) is 8.89. The molecule has 0 saturated carbocycles. The smallest absolute Gasteiger partial charge is 0.102 e. The van der Waals surface area contributed by atoms with Crippen molar-refractivity contribution in [1.29, 1.82) is 0 Å². The lowest BCUT2D eigenvalue weighted by atomic mass is 10.5. The molecule has 0 unspecified atom stereocenters. The second-order valence-corrected chi connectivity index (χ2v) is 1.83. The molecule has 0 bridgehead atoms. The third-order valence-electron chi connectivity index (χ3n) is 1.17. The van der Waals surface area contributed by atoms with Gasteiger partial charge >= 0.3 is 0 Å². The number of rotatable bonds is 1. The van der Waals surface area contributed by atoms with Gasteiger partial charge in [0.1, 0.15) is 6.54 Å². The van der Waals surface area contributed by atoms with Crippen LogP contribution in [0, 0.1) is 19.3 Å². The first kappa shape index (κ1) is 5.90. The minimum Gasteiger partial charge on any atom is -0.258 e. The van der Waals surface area contributed by atoms with Crippen LogP contribution in [0.1, 0.15) is 5.69 Å². The van der Waals surface area contributed by atoms with Crippen LogP contribution in [0.15, 0.2) is 12.3 Å². The first-order chi connectivity index (χ1) is 4.34. The van der Waals surface area contributed by atoms with E-state index in [9.17, 15) is 0 Å². The molecule has 2 heteroatoms. The Bertz CT molecular complexity index is 229. The SMILES string of the molecule is C#CCn1nccc1C. The van der Waals surface area contributed by atoms with Crippen LogP contribution < -0.4 is 0 Å². The molecule has 0 aliphatic carbocycles. The van der Waals surface area contributed by atoms with E-state index in [0.717, 1.165) is 5.69 Å². The molecule has 0 radical (unpaired) electrons. The number of hydrogen-bond donors (Lipinski definition) is 0. The summed E-state index contributed by atoms with van der Waals surface area (Å²) in [6, 6.07) is 1.93. The Labute approximate surface area is 54.5 Å². The summed E-state index contributed by atoms with van der Waals surface area (Å²) < 4.78 is 1.78. The van der Waals surface area contributed by atoms with Crippen molar-refractivity contribution in [1.82, 2.24) is 9.78 Å². The predicted molar refractivity (Wildman–Crippen MR) is 35.8 cm³/mol. The molecule has 1 aromatic rings. The molecule has 0 aliphatic heterocycles. The summed E-state index contributed by atoms with van der Waals surface area (Å²) in [6.45, 7) is 2.54. The molecular weight excluding hydrogens is 112 g/mol. The summed E-state index contributed by atoms with van der Waals surface area (Å²) >= 11 is 0. The van der Waals surface area contributed by atoms with E-state index >= 15 is 0 Å². The number of nitrogens with zero attached hydrogens (tertiary/aromatic N) is 2. The molecule has 0 aromatic carbocycles. The standard InChI is InChI=1S/C7H8N2/c1-3-6-9-7(2)4-5-8-9/h1,4-5H,6H2,2H3. The van der Waals surface area contributed by atoms with Gasteiger partial charge in [0.05, 0.1) is 0 Å². The fourth-order valence-electron chi connectivity index (χ4n) is 0.651. The Morgan fingerprint density at radius 2 is 2.67 bits per heavy atom. The molecule has 9 heavy (non-hydrogen) atoms. The van der Waals surface area contributed by atoms with Crippen molar-refractivity contribution in [3.63, 3.8) is 0 Å². The lowest BCUT2D eigenvalue weighted by Gasteiger charge is -1.94. The third kappa shape index (κ3) is 1.11. The van der Waals surface area contributed by atoms with Crippen molar-refractivity contribution in [2.75, 3.05) is 0 Å². The van der Waals surface area contributed by atoms with Crippen LogP contribution >= 0.6 is 0 Å². The minimum atomic E-state index is 0.568. The van der Waals surface area contributed by atoms with Gasteiger partial charge in [0.2, 0.25) is 0 Å². The van der Waals surface area contributed by atoms with E-state index < -0.39 is 0 Å². The summed E-state index contributed by atoms with van der Waals surface area (Å²) in [5, 5.41) is 3.98. The van der Waals surface area contributed by atoms with Crippen molar-refractivity contribution in [2.24, 2.45) is 0 Å². The Morgan fingerprint density at radius 1 is 1.89 bits per heavy atom. The molecule has 1 rings (SSSR count). The highest BCUT2D eigenvalue weighted by molar-refractivity contribution is 4.99. The summed E-state index contributed by atoms with van der Waals surface area (Å²) in [4.78, 5) is 0. The van der Waals surface area contributed by atoms with Gasteiger partial charge in [-0.05, 0) is 13.0 Å². The maximum absolute atomic E-state index is 5.08. The lowest BCUT2D eigenvalue weighted by Crippen LogP contribution is -1.98. The monoisotopic (exact) mass is 120 g/mol. The van der Waals surface area contributed by atoms with E-state index in [4.69, 9.17) is 6.42 Å². The topological polar surface area (TPSA) is 17.8 Å². The van der Waals surface area contributed by atoms with Crippen molar-refractivity contribution in [2.45, 2.75) is 13.5 Å². The van der Waals surface area contributed by atoms with Gasteiger partial charge in [0.15, 0.2) is 0 Å². The molecule has 2 nitrogen and oxygen atoms in total. The molecule has 0 atom stereocenters. The van der Waals surface area contributed by atoms with Crippen LogP contribution in [0.3, 0.4) is 0 Å². The summed E-state index contributed by atoms with van der Waals surface area (Å²) in [7, 11) is 0. The first-order valence-corrected chi connectivity index (χ1v) is 2.76. The zero-order chi connectivity index (χ0) is 6.69. The quantitative estimate of drug-likeness (QED) is 0.502. The van der Waals surface area contributed by atoms with Crippen LogP contribution in [0.25, 0.3) is 0 Å².